The van der Waals surface area contributed by atoms with E-state index in [0.29, 0.717) is 28.5 Å². The Bertz CT molecular complexity index is 790. The molecule has 1 fully saturated rings. The first-order valence-corrected chi connectivity index (χ1v) is 8.71. The van der Waals surface area contributed by atoms with Crippen molar-refractivity contribution in [1.29, 1.82) is 5.26 Å². The molecule has 0 aliphatic carbocycles. The lowest BCUT2D eigenvalue weighted by atomic mass is 10.0. The summed E-state index contributed by atoms with van der Waals surface area (Å²) in [4.78, 5) is 12.6. The molecule has 1 aliphatic rings. The van der Waals surface area contributed by atoms with E-state index in [0.717, 1.165) is 11.4 Å². The number of benzene rings is 1. The van der Waals surface area contributed by atoms with Gasteiger partial charge in [-0.3, -0.25) is 4.79 Å². The van der Waals surface area contributed by atoms with Gasteiger partial charge in [0.25, 0.3) is 5.91 Å². The highest BCUT2D eigenvalue weighted by Gasteiger charge is 2.36. The van der Waals surface area contributed by atoms with Crippen LogP contribution < -0.4 is 5.32 Å². The molecule has 1 atom stereocenters. The number of rotatable bonds is 3. The van der Waals surface area contributed by atoms with Gasteiger partial charge >= 0.3 is 0 Å². The van der Waals surface area contributed by atoms with E-state index < -0.39 is 5.54 Å². The maximum absolute atomic E-state index is 12.6. The molecule has 5 nitrogen and oxygen atoms in total. The molecule has 0 saturated carbocycles. The minimum atomic E-state index is -0.777. The predicted molar refractivity (Wildman–Crippen MR) is 91.1 cm³/mol. The van der Waals surface area contributed by atoms with Gasteiger partial charge in [-0.05, 0) is 31.2 Å². The second-order valence-electron chi connectivity index (χ2n) is 5.46. The lowest BCUT2D eigenvalue weighted by molar-refractivity contribution is 0.0925. The molecule has 0 bridgehead atoms. The van der Waals surface area contributed by atoms with E-state index in [-0.39, 0.29) is 5.91 Å². The molecule has 7 heteroatoms. The van der Waals surface area contributed by atoms with Crippen LogP contribution in [0.1, 0.15) is 22.5 Å². The SMILES string of the molecule is Cc1c(C(=O)N[C@@]2(C#N)CCSC2)cnn1-c1ccccc1Cl. The van der Waals surface area contributed by atoms with E-state index in [1.807, 2.05) is 25.1 Å². The highest BCUT2D eigenvalue weighted by atomic mass is 35.5. The fourth-order valence-corrected chi connectivity index (χ4v) is 4.05. The topological polar surface area (TPSA) is 70.7 Å². The van der Waals surface area contributed by atoms with Crippen molar-refractivity contribution < 1.29 is 4.79 Å². The number of carbonyl (C=O) groups excluding carboxylic acids is 1. The van der Waals surface area contributed by atoms with E-state index in [9.17, 15) is 10.1 Å². The van der Waals surface area contributed by atoms with Crippen molar-refractivity contribution in [2.24, 2.45) is 0 Å². The molecule has 1 amide bonds. The number of amides is 1. The number of hydrogen-bond acceptors (Lipinski definition) is 4. The Labute approximate surface area is 143 Å². The summed E-state index contributed by atoms with van der Waals surface area (Å²) in [5.41, 5.74) is 1.09. The zero-order valence-electron chi connectivity index (χ0n) is 12.5. The van der Waals surface area contributed by atoms with Crippen LogP contribution in [-0.2, 0) is 0 Å². The van der Waals surface area contributed by atoms with Gasteiger partial charge in [-0.2, -0.15) is 22.1 Å². The number of hydrogen-bond donors (Lipinski definition) is 1. The lowest BCUT2D eigenvalue weighted by Crippen LogP contribution is -2.47. The Kier molecular flexibility index (Phi) is 4.33. The predicted octanol–water partition coefficient (Wildman–Crippen LogP) is 2.96. The fourth-order valence-electron chi connectivity index (χ4n) is 2.56. The number of thioether (sulfide) groups is 1. The molecule has 0 spiro atoms. The van der Waals surface area contributed by atoms with E-state index in [1.54, 1.807) is 22.5 Å². The van der Waals surface area contributed by atoms with Crippen molar-refractivity contribution in [2.75, 3.05) is 11.5 Å². The van der Waals surface area contributed by atoms with Crippen LogP contribution in [0.5, 0.6) is 0 Å². The molecule has 1 saturated heterocycles. The smallest absolute Gasteiger partial charge is 0.256 e. The summed E-state index contributed by atoms with van der Waals surface area (Å²) in [6, 6.07) is 9.57. The molecule has 118 valence electrons. The quantitative estimate of drug-likeness (QED) is 0.927. The lowest BCUT2D eigenvalue weighted by Gasteiger charge is -2.21. The largest absolute Gasteiger partial charge is 0.333 e. The maximum Gasteiger partial charge on any atom is 0.256 e. The number of para-hydroxylation sites is 1. The first-order chi connectivity index (χ1) is 11.1. The van der Waals surface area contributed by atoms with E-state index in [2.05, 4.69) is 16.5 Å². The van der Waals surface area contributed by atoms with Crippen LogP contribution in [0.15, 0.2) is 30.5 Å². The highest BCUT2D eigenvalue weighted by Crippen LogP contribution is 2.28. The third-order valence-electron chi connectivity index (χ3n) is 3.92. The van der Waals surface area contributed by atoms with Crippen LogP contribution in [0, 0.1) is 18.3 Å². The average molecular weight is 347 g/mol. The summed E-state index contributed by atoms with van der Waals surface area (Å²) in [7, 11) is 0. The van der Waals surface area contributed by atoms with Crippen molar-refractivity contribution in [3.8, 4) is 11.8 Å². The van der Waals surface area contributed by atoms with Gasteiger partial charge < -0.3 is 5.32 Å². The Balaban J connectivity index is 1.89. The minimum absolute atomic E-state index is 0.273. The van der Waals surface area contributed by atoms with Gasteiger partial charge in [-0.25, -0.2) is 4.68 Å². The van der Waals surface area contributed by atoms with Crippen molar-refractivity contribution in [2.45, 2.75) is 18.9 Å². The number of nitrogens with zero attached hydrogens (tertiary/aromatic N) is 3. The monoisotopic (exact) mass is 346 g/mol. The molecule has 1 aliphatic heterocycles. The van der Waals surface area contributed by atoms with Crippen LogP contribution >= 0.6 is 23.4 Å². The van der Waals surface area contributed by atoms with Crippen molar-refractivity contribution in [3.05, 3.63) is 46.7 Å². The number of nitrogens with one attached hydrogen (secondary N) is 1. The molecule has 1 N–H and O–H groups in total. The summed E-state index contributed by atoms with van der Waals surface area (Å²) in [5.74, 6) is 1.23. The van der Waals surface area contributed by atoms with Gasteiger partial charge in [0.05, 0.1) is 34.2 Å². The summed E-state index contributed by atoms with van der Waals surface area (Å²) in [6.07, 6.45) is 2.18. The normalized spacial score (nSPS) is 20.2. The Morgan fingerprint density at radius 1 is 1.52 bits per heavy atom. The molecular formula is C16H15ClN4OS. The van der Waals surface area contributed by atoms with Crippen molar-refractivity contribution in [3.63, 3.8) is 0 Å². The summed E-state index contributed by atoms with van der Waals surface area (Å²) in [6.45, 7) is 1.81. The number of aromatic nitrogens is 2. The van der Waals surface area contributed by atoms with Crippen molar-refractivity contribution in [1.82, 2.24) is 15.1 Å². The number of halogens is 1. The summed E-state index contributed by atoms with van der Waals surface area (Å²) in [5, 5.41) is 17.1. The van der Waals surface area contributed by atoms with Gasteiger partial charge in [-0.15, -0.1) is 0 Å². The standard InChI is InChI=1S/C16H15ClN4OS/c1-11-12(15(22)20-16(9-18)6-7-23-10-16)8-19-21(11)14-5-3-2-4-13(14)17/h2-5,8H,6-7,10H2,1H3,(H,20,22)/t16-/m1/s1. The van der Waals surface area contributed by atoms with Crippen LogP contribution in [0.4, 0.5) is 0 Å². The second-order valence-corrected chi connectivity index (χ2v) is 6.97. The summed E-state index contributed by atoms with van der Waals surface area (Å²) >= 11 is 7.87. The minimum Gasteiger partial charge on any atom is -0.333 e. The van der Waals surface area contributed by atoms with Crippen LogP contribution in [0.25, 0.3) is 5.69 Å². The zero-order chi connectivity index (χ0) is 16.4. The molecule has 1 aromatic heterocycles. The van der Waals surface area contributed by atoms with Crippen LogP contribution in [-0.4, -0.2) is 32.7 Å². The third-order valence-corrected chi connectivity index (χ3v) is 5.43. The molecule has 2 heterocycles. The maximum atomic E-state index is 12.6. The van der Waals surface area contributed by atoms with Crippen LogP contribution in [0.3, 0.4) is 0 Å². The molecular weight excluding hydrogens is 332 g/mol. The third kappa shape index (κ3) is 2.94. The van der Waals surface area contributed by atoms with E-state index in [1.165, 1.54) is 6.20 Å². The first-order valence-electron chi connectivity index (χ1n) is 7.17. The van der Waals surface area contributed by atoms with Gasteiger partial charge in [0.2, 0.25) is 0 Å². The first kappa shape index (κ1) is 15.9. The number of nitriles is 1. The molecule has 0 radical (unpaired) electrons. The van der Waals surface area contributed by atoms with Gasteiger partial charge in [0.15, 0.2) is 0 Å². The van der Waals surface area contributed by atoms with Gasteiger partial charge in [0, 0.05) is 5.75 Å². The van der Waals surface area contributed by atoms with Gasteiger partial charge in [0.1, 0.15) is 5.54 Å². The van der Waals surface area contributed by atoms with Crippen molar-refractivity contribution >= 4 is 29.3 Å². The fraction of sp³-hybridized carbons (Fsp3) is 0.312. The number of carbonyl (C=O) groups is 1. The highest BCUT2D eigenvalue weighted by molar-refractivity contribution is 7.99. The molecule has 23 heavy (non-hydrogen) atoms. The van der Waals surface area contributed by atoms with Gasteiger partial charge in [-0.1, -0.05) is 23.7 Å². The Morgan fingerprint density at radius 2 is 2.30 bits per heavy atom. The molecule has 2 aromatic rings. The second kappa shape index (κ2) is 6.26. The Morgan fingerprint density at radius 3 is 2.96 bits per heavy atom. The molecule has 1 aromatic carbocycles. The summed E-state index contributed by atoms with van der Waals surface area (Å²) < 4.78 is 1.64. The molecule has 0 unspecified atom stereocenters. The zero-order valence-corrected chi connectivity index (χ0v) is 14.1. The van der Waals surface area contributed by atoms with E-state index >= 15 is 0 Å². The van der Waals surface area contributed by atoms with Crippen LogP contribution in [0.2, 0.25) is 5.02 Å². The van der Waals surface area contributed by atoms with E-state index in [4.69, 9.17) is 11.6 Å². The average Bonchev–Trinajstić information content (AvgIpc) is 3.15. The molecule has 3 rings (SSSR count). The Hall–Kier alpha value is -1.97.